The summed E-state index contributed by atoms with van der Waals surface area (Å²) < 4.78 is 0. The number of fused-ring (bicyclic) bond motifs is 2. The average Bonchev–Trinajstić information content (AvgIpc) is 2.68. The SMILES string of the molecule is NC1CC2CCCC(C1)C2NC(=O)CC(c1ccccc1)c1ccccc1. The van der Waals surface area contributed by atoms with Crippen LogP contribution in [-0.4, -0.2) is 18.0 Å². The van der Waals surface area contributed by atoms with Crippen LogP contribution in [0.1, 0.15) is 55.6 Å². The molecule has 2 aliphatic rings. The zero-order valence-corrected chi connectivity index (χ0v) is 15.9. The van der Waals surface area contributed by atoms with E-state index in [4.69, 9.17) is 5.73 Å². The number of carbonyl (C=O) groups is 1. The Kier molecular flexibility index (Phi) is 5.58. The molecule has 2 atom stereocenters. The van der Waals surface area contributed by atoms with Crippen LogP contribution in [0.15, 0.2) is 60.7 Å². The number of nitrogens with two attached hydrogens (primary N) is 1. The summed E-state index contributed by atoms with van der Waals surface area (Å²) in [4.78, 5) is 13.0. The minimum Gasteiger partial charge on any atom is -0.353 e. The normalized spacial score (nSPS) is 27.3. The highest BCUT2D eigenvalue weighted by Gasteiger charge is 2.40. The highest BCUT2D eigenvalue weighted by Crippen LogP contribution is 2.40. The van der Waals surface area contributed by atoms with Crippen molar-refractivity contribution in [2.75, 3.05) is 0 Å². The molecule has 2 fully saturated rings. The summed E-state index contributed by atoms with van der Waals surface area (Å²) in [7, 11) is 0. The van der Waals surface area contributed by atoms with Crippen LogP contribution in [0.3, 0.4) is 0 Å². The van der Waals surface area contributed by atoms with Crippen LogP contribution in [0.2, 0.25) is 0 Å². The highest BCUT2D eigenvalue weighted by molar-refractivity contribution is 5.78. The van der Waals surface area contributed by atoms with E-state index >= 15 is 0 Å². The van der Waals surface area contributed by atoms with Gasteiger partial charge in [-0.05, 0) is 48.6 Å². The number of benzene rings is 2. The maximum atomic E-state index is 13.0. The molecule has 2 aliphatic carbocycles. The second-order valence-electron chi connectivity index (χ2n) is 8.35. The first-order valence-corrected chi connectivity index (χ1v) is 10.4. The minimum atomic E-state index is 0.0955. The molecule has 0 spiro atoms. The molecule has 1 amide bonds. The van der Waals surface area contributed by atoms with Gasteiger partial charge in [0.25, 0.3) is 0 Å². The number of amides is 1. The number of hydrogen-bond donors (Lipinski definition) is 2. The van der Waals surface area contributed by atoms with Crippen molar-refractivity contribution in [2.45, 2.75) is 56.5 Å². The fourth-order valence-electron chi connectivity index (χ4n) is 5.25. The van der Waals surface area contributed by atoms with Crippen LogP contribution in [0.4, 0.5) is 0 Å². The lowest BCUT2D eigenvalue weighted by molar-refractivity contribution is -0.123. The number of carbonyl (C=O) groups excluding carboxylic acids is 1. The van der Waals surface area contributed by atoms with Crippen molar-refractivity contribution in [1.29, 1.82) is 0 Å². The predicted molar refractivity (Wildman–Crippen MR) is 109 cm³/mol. The van der Waals surface area contributed by atoms with E-state index in [2.05, 4.69) is 53.8 Å². The lowest BCUT2D eigenvalue weighted by atomic mass is 9.67. The quantitative estimate of drug-likeness (QED) is 0.836. The summed E-state index contributed by atoms with van der Waals surface area (Å²) in [6.45, 7) is 0. The van der Waals surface area contributed by atoms with Crippen molar-refractivity contribution >= 4 is 5.91 Å². The summed E-state index contributed by atoms with van der Waals surface area (Å²) in [6.07, 6.45) is 6.30. The molecule has 2 saturated carbocycles. The van der Waals surface area contributed by atoms with Gasteiger partial charge in [0.05, 0.1) is 0 Å². The molecule has 2 aromatic carbocycles. The van der Waals surface area contributed by atoms with Gasteiger partial charge in [-0.15, -0.1) is 0 Å². The lowest BCUT2D eigenvalue weighted by Gasteiger charge is -2.45. The van der Waals surface area contributed by atoms with Gasteiger partial charge in [-0.1, -0.05) is 67.1 Å². The molecule has 0 radical (unpaired) electrons. The van der Waals surface area contributed by atoms with Gasteiger partial charge in [0, 0.05) is 24.4 Å². The molecule has 0 saturated heterocycles. The maximum absolute atomic E-state index is 13.0. The first-order chi connectivity index (χ1) is 13.2. The van der Waals surface area contributed by atoms with E-state index < -0.39 is 0 Å². The molecular weight excluding hydrogens is 332 g/mol. The van der Waals surface area contributed by atoms with E-state index in [1.54, 1.807) is 0 Å². The number of hydrogen-bond acceptors (Lipinski definition) is 2. The molecule has 0 aromatic heterocycles. The Balaban J connectivity index is 1.49. The monoisotopic (exact) mass is 362 g/mol. The number of rotatable bonds is 5. The fourth-order valence-corrected chi connectivity index (χ4v) is 5.25. The van der Waals surface area contributed by atoms with E-state index in [0.29, 0.717) is 30.3 Å². The average molecular weight is 363 g/mol. The summed E-state index contributed by atoms with van der Waals surface area (Å²) in [5.41, 5.74) is 8.64. The van der Waals surface area contributed by atoms with Gasteiger partial charge < -0.3 is 11.1 Å². The third-order valence-electron chi connectivity index (χ3n) is 6.50. The van der Waals surface area contributed by atoms with Crippen LogP contribution in [-0.2, 0) is 4.79 Å². The van der Waals surface area contributed by atoms with Crippen LogP contribution in [0.25, 0.3) is 0 Å². The first kappa shape index (κ1) is 18.2. The molecule has 0 aliphatic heterocycles. The zero-order chi connectivity index (χ0) is 18.6. The highest BCUT2D eigenvalue weighted by atomic mass is 16.1. The lowest BCUT2D eigenvalue weighted by Crippen LogP contribution is -2.53. The van der Waals surface area contributed by atoms with E-state index in [1.807, 2.05) is 12.1 Å². The Morgan fingerprint density at radius 1 is 0.926 bits per heavy atom. The molecule has 2 bridgehead atoms. The molecule has 4 rings (SSSR count). The molecule has 0 heterocycles. The molecule has 3 N–H and O–H groups in total. The van der Waals surface area contributed by atoms with E-state index in [1.165, 1.54) is 30.4 Å². The predicted octanol–water partition coefficient (Wildman–Crippen LogP) is 4.23. The van der Waals surface area contributed by atoms with Gasteiger partial charge in [0.15, 0.2) is 0 Å². The molecule has 142 valence electrons. The van der Waals surface area contributed by atoms with E-state index in [0.717, 1.165) is 12.8 Å². The summed E-state index contributed by atoms with van der Waals surface area (Å²) >= 11 is 0. The molecule has 27 heavy (non-hydrogen) atoms. The molecule has 3 nitrogen and oxygen atoms in total. The third kappa shape index (κ3) is 4.24. The number of nitrogens with one attached hydrogen (secondary N) is 1. The zero-order valence-electron chi connectivity index (χ0n) is 15.9. The van der Waals surface area contributed by atoms with Crippen molar-refractivity contribution in [3.8, 4) is 0 Å². The third-order valence-corrected chi connectivity index (χ3v) is 6.50. The molecule has 2 aromatic rings. The standard InChI is InChI=1S/C24H30N2O/c25-21-14-19-12-7-13-20(15-21)24(19)26-23(27)16-22(17-8-3-1-4-9-17)18-10-5-2-6-11-18/h1-6,8-11,19-22,24H,7,12-16,25H2,(H,26,27). The van der Waals surface area contributed by atoms with Crippen molar-refractivity contribution < 1.29 is 4.79 Å². The first-order valence-electron chi connectivity index (χ1n) is 10.4. The molecule has 2 unspecified atom stereocenters. The van der Waals surface area contributed by atoms with Gasteiger partial charge in [-0.25, -0.2) is 0 Å². The van der Waals surface area contributed by atoms with Gasteiger partial charge in [-0.3, -0.25) is 4.79 Å². The van der Waals surface area contributed by atoms with Gasteiger partial charge in [0.2, 0.25) is 5.91 Å². The molecule has 3 heteroatoms. The topological polar surface area (TPSA) is 55.1 Å². The Labute approximate surface area is 162 Å². The van der Waals surface area contributed by atoms with Gasteiger partial charge in [-0.2, -0.15) is 0 Å². The van der Waals surface area contributed by atoms with Crippen LogP contribution >= 0.6 is 0 Å². The fraction of sp³-hybridized carbons (Fsp3) is 0.458. The largest absolute Gasteiger partial charge is 0.353 e. The Hall–Kier alpha value is -2.13. The van der Waals surface area contributed by atoms with Crippen molar-refractivity contribution in [3.63, 3.8) is 0 Å². The molecular formula is C24H30N2O. The van der Waals surface area contributed by atoms with Crippen LogP contribution in [0.5, 0.6) is 0 Å². The van der Waals surface area contributed by atoms with Crippen molar-refractivity contribution in [2.24, 2.45) is 17.6 Å². The summed E-state index contributed by atoms with van der Waals surface area (Å²) in [5.74, 6) is 1.38. The second kappa shape index (κ2) is 8.26. The van der Waals surface area contributed by atoms with Crippen molar-refractivity contribution in [3.05, 3.63) is 71.8 Å². The van der Waals surface area contributed by atoms with Gasteiger partial charge >= 0.3 is 0 Å². The van der Waals surface area contributed by atoms with Crippen LogP contribution < -0.4 is 11.1 Å². The Morgan fingerprint density at radius 2 is 1.44 bits per heavy atom. The summed E-state index contributed by atoms with van der Waals surface area (Å²) in [6, 6.07) is 21.4. The Morgan fingerprint density at radius 3 is 1.96 bits per heavy atom. The Bertz CT molecular complexity index is 692. The minimum absolute atomic E-state index is 0.0955. The second-order valence-corrected chi connectivity index (χ2v) is 8.35. The van der Waals surface area contributed by atoms with Crippen LogP contribution in [0, 0.1) is 11.8 Å². The summed E-state index contributed by atoms with van der Waals surface area (Å²) in [5, 5.41) is 3.42. The smallest absolute Gasteiger partial charge is 0.221 e. The van der Waals surface area contributed by atoms with E-state index in [9.17, 15) is 4.79 Å². The maximum Gasteiger partial charge on any atom is 0.221 e. The van der Waals surface area contributed by atoms with Crippen molar-refractivity contribution in [1.82, 2.24) is 5.32 Å². The van der Waals surface area contributed by atoms with E-state index in [-0.39, 0.29) is 11.8 Å². The van der Waals surface area contributed by atoms with Gasteiger partial charge in [0.1, 0.15) is 0 Å².